The summed E-state index contributed by atoms with van der Waals surface area (Å²) in [5.74, 6) is 1.53. The third kappa shape index (κ3) is 4.17. The molecule has 3 N–H and O–H groups in total. The number of nitrogens with zero attached hydrogens (tertiary/aromatic N) is 4. The number of anilines is 1. The van der Waals surface area contributed by atoms with Gasteiger partial charge in [-0.2, -0.15) is 9.78 Å². The second kappa shape index (κ2) is 8.52. The molecule has 0 aromatic carbocycles. The van der Waals surface area contributed by atoms with Crippen LogP contribution in [-0.4, -0.2) is 42.5 Å². The first-order valence-electron chi connectivity index (χ1n) is 6.67. The zero-order valence-electron chi connectivity index (χ0n) is 12.7. The molecule has 0 bridgehead atoms. The Morgan fingerprint density at radius 1 is 1.57 bits per heavy atom. The molecule has 1 heterocycles. The summed E-state index contributed by atoms with van der Waals surface area (Å²) >= 11 is 0. The molecule has 0 aliphatic rings. The molecule has 21 heavy (non-hydrogen) atoms. The van der Waals surface area contributed by atoms with Gasteiger partial charge in [0, 0.05) is 44.7 Å². The van der Waals surface area contributed by atoms with E-state index in [9.17, 15) is 0 Å². The minimum Gasteiger partial charge on any atom is -0.404 e. The van der Waals surface area contributed by atoms with Crippen molar-refractivity contribution in [1.29, 1.82) is 0 Å². The van der Waals surface area contributed by atoms with Gasteiger partial charge in [0.15, 0.2) is 5.84 Å². The van der Waals surface area contributed by atoms with E-state index in [0.29, 0.717) is 6.54 Å². The monoisotopic (exact) mass is 286 g/mol. The van der Waals surface area contributed by atoms with E-state index in [1.165, 1.54) is 6.20 Å². The van der Waals surface area contributed by atoms with Crippen LogP contribution in [0.15, 0.2) is 47.1 Å². The highest BCUT2D eigenvalue weighted by Crippen LogP contribution is 2.16. The Kier molecular flexibility index (Phi) is 6.67. The summed E-state index contributed by atoms with van der Waals surface area (Å²) in [7, 11) is 3.52. The van der Waals surface area contributed by atoms with Gasteiger partial charge in [-0.1, -0.05) is 18.7 Å². The van der Waals surface area contributed by atoms with E-state index in [-0.39, 0.29) is 0 Å². The molecule has 0 amide bonds. The maximum Gasteiger partial charge on any atom is 0.151 e. The van der Waals surface area contributed by atoms with E-state index in [4.69, 9.17) is 5.73 Å². The van der Waals surface area contributed by atoms with Crippen molar-refractivity contribution >= 4 is 23.4 Å². The molecule has 6 heteroatoms. The Balaban J connectivity index is 3.35. The maximum absolute atomic E-state index is 5.63. The number of hydrogen-bond donors (Lipinski definition) is 2. The lowest BCUT2D eigenvalue weighted by Crippen LogP contribution is -2.14. The molecule has 0 radical (unpaired) electrons. The number of rotatable bonds is 6. The van der Waals surface area contributed by atoms with Crippen LogP contribution >= 0.6 is 0 Å². The van der Waals surface area contributed by atoms with Gasteiger partial charge in [-0.3, -0.25) is 9.98 Å². The van der Waals surface area contributed by atoms with E-state index in [1.807, 2.05) is 32.2 Å². The van der Waals surface area contributed by atoms with Crippen LogP contribution in [0.5, 0.6) is 0 Å². The molecular formula is C15H22N6. The number of allylic oxidation sites excluding steroid dienone is 4. The second-order valence-corrected chi connectivity index (χ2v) is 4.01. The summed E-state index contributed by atoms with van der Waals surface area (Å²) in [5.41, 5.74) is 7.10. The fourth-order valence-electron chi connectivity index (χ4n) is 1.71. The number of nitrogens with one attached hydrogen (secondary N) is 1. The molecule has 0 saturated heterocycles. The Morgan fingerprint density at radius 3 is 2.86 bits per heavy atom. The van der Waals surface area contributed by atoms with E-state index in [0.717, 1.165) is 22.9 Å². The molecule has 0 fully saturated rings. The van der Waals surface area contributed by atoms with Crippen molar-refractivity contribution in [2.24, 2.45) is 15.7 Å². The van der Waals surface area contributed by atoms with E-state index in [2.05, 4.69) is 27.0 Å². The topological polar surface area (TPSA) is 80.6 Å². The summed E-state index contributed by atoms with van der Waals surface area (Å²) in [5, 5.41) is 7.64. The van der Waals surface area contributed by atoms with Crippen LogP contribution in [0.3, 0.4) is 0 Å². The van der Waals surface area contributed by atoms with Gasteiger partial charge in [-0.15, -0.1) is 0 Å². The van der Waals surface area contributed by atoms with E-state index >= 15 is 0 Å². The van der Waals surface area contributed by atoms with Crippen LogP contribution in [0.4, 0.5) is 5.82 Å². The molecule has 6 nitrogen and oxygen atoms in total. The van der Waals surface area contributed by atoms with Gasteiger partial charge in [0.25, 0.3) is 0 Å². The molecule has 1 aromatic heterocycles. The van der Waals surface area contributed by atoms with E-state index < -0.39 is 0 Å². The van der Waals surface area contributed by atoms with Gasteiger partial charge >= 0.3 is 0 Å². The number of aromatic nitrogens is 2. The third-order valence-electron chi connectivity index (χ3n) is 2.63. The van der Waals surface area contributed by atoms with Crippen molar-refractivity contribution in [3.05, 3.63) is 42.8 Å². The highest BCUT2D eigenvalue weighted by atomic mass is 15.4. The molecule has 0 saturated carbocycles. The van der Waals surface area contributed by atoms with Crippen molar-refractivity contribution in [2.45, 2.75) is 6.92 Å². The van der Waals surface area contributed by atoms with E-state index in [1.54, 1.807) is 24.0 Å². The zero-order chi connectivity index (χ0) is 15.7. The van der Waals surface area contributed by atoms with Crippen LogP contribution in [0.1, 0.15) is 12.6 Å². The summed E-state index contributed by atoms with van der Waals surface area (Å²) in [6.45, 7) is 6.30. The van der Waals surface area contributed by atoms with Crippen LogP contribution in [0, 0.1) is 0 Å². The number of hydrogen-bond acceptors (Lipinski definition) is 5. The Bertz CT molecular complexity index is 589. The standard InChI is InChI=1S/C15H22N6/c1-5-7-8-14(19-6-2)21-15(18-4)9-13(20-21)12(10-16)11-17-3/h5,7-11,18H,1,6,16H2,2-4H3/b8-7-,12-10?,17-11?,19-14?. The largest absolute Gasteiger partial charge is 0.404 e. The van der Waals surface area contributed by atoms with Crippen LogP contribution < -0.4 is 11.1 Å². The Hall–Kier alpha value is -2.63. The van der Waals surface area contributed by atoms with Crippen molar-refractivity contribution in [1.82, 2.24) is 9.78 Å². The smallest absolute Gasteiger partial charge is 0.151 e. The van der Waals surface area contributed by atoms with Crippen molar-refractivity contribution < 1.29 is 0 Å². The quantitative estimate of drug-likeness (QED) is 0.476. The molecule has 0 unspecified atom stereocenters. The fraction of sp³-hybridized carbons (Fsp3) is 0.267. The normalized spacial score (nSPS) is 13.3. The predicted octanol–water partition coefficient (Wildman–Crippen LogP) is 1.93. The third-order valence-corrected chi connectivity index (χ3v) is 2.63. The summed E-state index contributed by atoms with van der Waals surface area (Å²) in [6, 6.07) is 1.90. The molecule has 0 atom stereocenters. The molecule has 0 spiro atoms. The maximum atomic E-state index is 5.63. The minimum absolute atomic E-state index is 0.658. The van der Waals surface area contributed by atoms with Crippen molar-refractivity contribution in [3.63, 3.8) is 0 Å². The van der Waals surface area contributed by atoms with Crippen LogP contribution in [-0.2, 0) is 0 Å². The van der Waals surface area contributed by atoms with Crippen LogP contribution in [0.2, 0.25) is 0 Å². The minimum atomic E-state index is 0.658. The number of aliphatic imine (C=N–C) groups is 2. The molecule has 0 aliphatic carbocycles. The SMILES string of the molecule is C=C/C=C\C(=NCC)n1nc(C(C=NC)=CN)cc1NC. The van der Waals surface area contributed by atoms with Gasteiger partial charge in [0.1, 0.15) is 5.82 Å². The molecule has 1 aromatic rings. The van der Waals surface area contributed by atoms with Gasteiger partial charge in [0.2, 0.25) is 0 Å². The lowest BCUT2D eigenvalue weighted by molar-refractivity contribution is 0.919. The zero-order valence-corrected chi connectivity index (χ0v) is 12.7. The van der Waals surface area contributed by atoms with Crippen molar-refractivity contribution in [3.8, 4) is 0 Å². The average Bonchev–Trinajstić information content (AvgIpc) is 2.92. The molecule has 0 aliphatic heterocycles. The van der Waals surface area contributed by atoms with Crippen LogP contribution in [0.25, 0.3) is 5.57 Å². The molecule has 1 rings (SSSR count). The molecule has 112 valence electrons. The van der Waals surface area contributed by atoms with Crippen molar-refractivity contribution in [2.75, 3.05) is 26.0 Å². The lowest BCUT2D eigenvalue weighted by Gasteiger charge is -2.06. The van der Waals surface area contributed by atoms with Gasteiger partial charge in [-0.05, 0) is 13.0 Å². The number of nitrogens with two attached hydrogens (primary N) is 1. The first kappa shape index (κ1) is 16.4. The summed E-state index contributed by atoms with van der Waals surface area (Å²) in [6.07, 6.45) is 8.53. The molecular weight excluding hydrogens is 264 g/mol. The van der Waals surface area contributed by atoms with Gasteiger partial charge in [-0.25, -0.2) is 0 Å². The Morgan fingerprint density at radius 2 is 2.33 bits per heavy atom. The summed E-state index contributed by atoms with van der Waals surface area (Å²) < 4.78 is 1.73. The first-order chi connectivity index (χ1) is 10.2. The van der Waals surface area contributed by atoms with Gasteiger partial charge in [0.05, 0.1) is 5.69 Å². The fourth-order valence-corrected chi connectivity index (χ4v) is 1.71. The summed E-state index contributed by atoms with van der Waals surface area (Å²) in [4.78, 5) is 8.42. The highest BCUT2D eigenvalue weighted by molar-refractivity contribution is 6.09. The Labute approximate surface area is 125 Å². The highest BCUT2D eigenvalue weighted by Gasteiger charge is 2.12. The average molecular weight is 286 g/mol. The predicted molar refractivity (Wildman–Crippen MR) is 91.1 cm³/mol. The first-order valence-corrected chi connectivity index (χ1v) is 6.67. The van der Waals surface area contributed by atoms with Gasteiger partial charge < -0.3 is 11.1 Å². The lowest BCUT2D eigenvalue weighted by atomic mass is 10.2. The second-order valence-electron chi connectivity index (χ2n) is 4.01.